The normalized spacial score (nSPS) is 45.9. The molecule has 4 nitrogen and oxygen atoms in total. The van der Waals surface area contributed by atoms with Gasteiger partial charge in [-0.2, -0.15) is 0 Å². The number of hydrogen-bond donors (Lipinski definition) is 2. The number of allylic oxidation sites excluding steroid dienone is 2. The second-order valence-corrected chi connectivity index (χ2v) is 7.84. The van der Waals surface area contributed by atoms with E-state index in [9.17, 15) is 15.0 Å². The van der Waals surface area contributed by atoms with Crippen molar-refractivity contribution in [3.05, 3.63) is 23.8 Å². The average Bonchev–Trinajstić information content (AvgIpc) is 2.82. The van der Waals surface area contributed by atoms with E-state index >= 15 is 0 Å². The van der Waals surface area contributed by atoms with E-state index in [-0.39, 0.29) is 18.1 Å². The molecule has 3 rings (SSSR count). The monoisotopic (exact) mass is 320 g/mol. The fraction of sp³-hybridized carbons (Fsp3) is 0.737. The van der Waals surface area contributed by atoms with Crippen LogP contribution in [0.5, 0.6) is 0 Å². The first kappa shape index (κ1) is 16.7. The third-order valence-electron chi connectivity index (χ3n) is 6.67. The smallest absolute Gasteiger partial charge is 0.336 e. The Morgan fingerprint density at radius 2 is 2.13 bits per heavy atom. The van der Waals surface area contributed by atoms with Gasteiger partial charge in [0.25, 0.3) is 0 Å². The highest BCUT2D eigenvalue weighted by molar-refractivity contribution is 5.91. The fourth-order valence-corrected chi connectivity index (χ4v) is 5.15. The summed E-state index contributed by atoms with van der Waals surface area (Å²) >= 11 is 0. The van der Waals surface area contributed by atoms with Gasteiger partial charge in [-0.25, -0.2) is 4.79 Å². The number of hydrogen-bond acceptors (Lipinski definition) is 4. The Morgan fingerprint density at radius 3 is 2.78 bits per heavy atom. The molecule has 0 amide bonds. The predicted octanol–water partition coefficient (Wildman–Crippen LogP) is 2.60. The molecule has 3 aliphatic rings. The third-order valence-corrected chi connectivity index (χ3v) is 6.67. The third kappa shape index (κ3) is 2.76. The molecular weight excluding hydrogens is 292 g/mol. The zero-order valence-corrected chi connectivity index (χ0v) is 14.1. The number of esters is 1. The lowest BCUT2D eigenvalue weighted by Gasteiger charge is -2.55. The number of fused-ring (bicyclic) bond motifs is 1. The number of cyclic esters (lactones) is 1. The Balaban J connectivity index is 1.83. The van der Waals surface area contributed by atoms with Gasteiger partial charge in [-0.3, -0.25) is 0 Å². The highest BCUT2D eigenvalue weighted by atomic mass is 16.6. The van der Waals surface area contributed by atoms with E-state index in [1.165, 1.54) is 5.57 Å². The summed E-state index contributed by atoms with van der Waals surface area (Å²) in [5.74, 6) is 0.692. The summed E-state index contributed by atoms with van der Waals surface area (Å²) in [6, 6.07) is 0. The van der Waals surface area contributed by atoms with Crippen molar-refractivity contribution < 1.29 is 19.7 Å². The largest absolute Gasteiger partial charge is 0.459 e. The first-order valence-electron chi connectivity index (χ1n) is 8.75. The SMILES string of the molecule is C=C1CCC2[C@@H](C)C(O)CC[C@]2(C)[C@@H]1CC=C1C(=O)OC[C@H]1O. The minimum absolute atomic E-state index is 0.0688. The van der Waals surface area contributed by atoms with Gasteiger partial charge in [0, 0.05) is 0 Å². The maximum Gasteiger partial charge on any atom is 0.336 e. The van der Waals surface area contributed by atoms with Crippen LogP contribution in [-0.4, -0.2) is 35.0 Å². The molecule has 1 saturated heterocycles. The van der Waals surface area contributed by atoms with Crippen LogP contribution in [0.3, 0.4) is 0 Å². The van der Waals surface area contributed by atoms with E-state index in [4.69, 9.17) is 4.74 Å². The molecule has 0 aromatic heterocycles. The quantitative estimate of drug-likeness (QED) is 0.466. The van der Waals surface area contributed by atoms with Gasteiger partial charge in [0.15, 0.2) is 0 Å². The minimum atomic E-state index is -0.796. The van der Waals surface area contributed by atoms with Crippen LogP contribution in [0.25, 0.3) is 0 Å². The lowest BCUT2D eigenvalue weighted by molar-refractivity contribution is -0.135. The zero-order valence-electron chi connectivity index (χ0n) is 14.1. The molecule has 2 N–H and O–H groups in total. The number of rotatable bonds is 2. The van der Waals surface area contributed by atoms with E-state index in [1.54, 1.807) is 0 Å². The van der Waals surface area contributed by atoms with Gasteiger partial charge in [-0.15, -0.1) is 0 Å². The number of aliphatic hydroxyl groups is 2. The molecule has 4 heteroatoms. The van der Waals surface area contributed by atoms with E-state index in [0.29, 0.717) is 23.3 Å². The summed E-state index contributed by atoms with van der Waals surface area (Å²) < 4.78 is 4.89. The summed E-state index contributed by atoms with van der Waals surface area (Å²) in [5.41, 5.74) is 1.75. The molecular formula is C19H28O4. The lowest BCUT2D eigenvalue weighted by atomic mass is 9.50. The summed E-state index contributed by atoms with van der Waals surface area (Å²) in [6.45, 7) is 8.84. The van der Waals surface area contributed by atoms with Gasteiger partial charge in [-0.1, -0.05) is 32.1 Å². The highest BCUT2D eigenvalue weighted by Gasteiger charge is 2.50. The lowest BCUT2D eigenvalue weighted by Crippen LogP contribution is -2.49. The second-order valence-electron chi connectivity index (χ2n) is 7.84. The van der Waals surface area contributed by atoms with Crippen LogP contribution in [0.2, 0.25) is 0 Å². The molecule has 1 aliphatic heterocycles. The Hall–Kier alpha value is -1.13. The molecule has 2 saturated carbocycles. The van der Waals surface area contributed by atoms with Crippen molar-refractivity contribution in [2.24, 2.45) is 23.2 Å². The molecule has 1 heterocycles. The first-order chi connectivity index (χ1) is 10.8. The molecule has 0 aromatic carbocycles. The second kappa shape index (κ2) is 6.06. The van der Waals surface area contributed by atoms with Crippen LogP contribution >= 0.6 is 0 Å². The van der Waals surface area contributed by atoms with Gasteiger partial charge in [0.05, 0.1) is 11.7 Å². The van der Waals surface area contributed by atoms with Crippen molar-refractivity contribution >= 4 is 5.97 Å². The molecule has 128 valence electrons. The predicted molar refractivity (Wildman–Crippen MR) is 87.5 cm³/mol. The van der Waals surface area contributed by atoms with Gasteiger partial charge >= 0.3 is 5.97 Å². The van der Waals surface area contributed by atoms with Crippen molar-refractivity contribution in [1.82, 2.24) is 0 Å². The van der Waals surface area contributed by atoms with E-state index in [0.717, 1.165) is 32.1 Å². The maximum atomic E-state index is 11.7. The van der Waals surface area contributed by atoms with E-state index in [1.807, 2.05) is 6.08 Å². The van der Waals surface area contributed by atoms with Crippen LogP contribution in [0.15, 0.2) is 23.8 Å². The molecule has 0 radical (unpaired) electrons. The number of carbonyl (C=O) groups is 1. The van der Waals surface area contributed by atoms with E-state index < -0.39 is 12.1 Å². The summed E-state index contributed by atoms with van der Waals surface area (Å²) in [7, 11) is 0. The van der Waals surface area contributed by atoms with E-state index in [2.05, 4.69) is 20.4 Å². The van der Waals surface area contributed by atoms with Crippen molar-refractivity contribution in [1.29, 1.82) is 0 Å². The Labute approximate surface area is 138 Å². The molecule has 6 atom stereocenters. The molecule has 0 spiro atoms. The highest BCUT2D eigenvalue weighted by Crippen LogP contribution is 2.57. The van der Waals surface area contributed by atoms with Crippen LogP contribution < -0.4 is 0 Å². The zero-order chi connectivity index (χ0) is 16.8. The van der Waals surface area contributed by atoms with Crippen molar-refractivity contribution in [3.8, 4) is 0 Å². The van der Waals surface area contributed by atoms with Gasteiger partial charge in [-0.05, 0) is 55.3 Å². The van der Waals surface area contributed by atoms with Crippen molar-refractivity contribution in [2.45, 2.75) is 58.2 Å². The molecule has 0 aromatic rings. The van der Waals surface area contributed by atoms with Gasteiger partial charge in [0.1, 0.15) is 12.7 Å². The van der Waals surface area contributed by atoms with Gasteiger partial charge < -0.3 is 14.9 Å². The summed E-state index contributed by atoms with van der Waals surface area (Å²) in [6.07, 6.45) is 5.47. The topological polar surface area (TPSA) is 66.8 Å². The van der Waals surface area contributed by atoms with Crippen molar-refractivity contribution in [2.75, 3.05) is 6.61 Å². The standard InChI is InChI=1S/C19H28O4/c1-11-4-6-15-12(2)16(20)8-9-19(15,3)14(11)7-5-13-17(21)10-23-18(13)22/h5,12,14-17,20-21H,1,4,6-10H2,2-3H3/t12-,14-,15?,16?,17-,19-/m1/s1. The van der Waals surface area contributed by atoms with Crippen LogP contribution in [-0.2, 0) is 9.53 Å². The van der Waals surface area contributed by atoms with Crippen LogP contribution in [0, 0.1) is 23.2 Å². The number of carbonyl (C=O) groups excluding carboxylic acids is 1. The Bertz CT molecular complexity index is 537. The van der Waals surface area contributed by atoms with Crippen LogP contribution in [0.4, 0.5) is 0 Å². The molecule has 23 heavy (non-hydrogen) atoms. The number of aliphatic hydroxyl groups excluding tert-OH is 2. The molecule has 3 fully saturated rings. The fourth-order valence-electron chi connectivity index (χ4n) is 5.15. The van der Waals surface area contributed by atoms with Crippen LogP contribution in [0.1, 0.15) is 46.0 Å². The van der Waals surface area contributed by atoms with Gasteiger partial charge in [0.2, 0.25) is 0 Å². The van der Waals surface area contributed by atoms with Crippen molar-refractivity contribution in [3.63, 3.8) is 0 Å². The maximum absolute atomic E-state index is 11.7. The summed E-state index contributed by atoms with van der Waals surface area (Å²) in [5, 5.41) is 20.1. The Kier molecular flexibility index (Phi) is 4.41. The molecule has 0 bridgehead atoms. The molecule has 2 aliphatic carbocycles. The average molecular weight is 320 g/mol. The number of ether oxygens (including phenoxy) is 1. The molecule has 2 unspecified atom stereocenters. The first-order valence-corrected chi connectivity index (χ1v) is 8.75. The Morgan fingerprint density at radius 1 is 1.39 bits per heavy atom. The minimum Gasteiger partial charge on any atom is -0.459 e. The summed E-state index contributed by atoms with van der Waals surface area (Å²) in [4.78, 5) is 11.7.